The third-order valence-corrected chi connectivity index (χ3v) is 3.06. The summed E-state index contributed by atoms with van der Waals surface area (Å²) in [7, 11) is 0. The van der Waals surface area contributed by atoms with Gasteiger partial charge in [0.05, 0.1) is 0 Å². The van der Waals surface area contributed by atoms with E-state index in [1.807, 2.05) is 0 Å². The molecule has 1 aromatic rings. The maximum Gasteiger partial charge on any atom is 0.263 e. The van der Waals surface area contributed by atoms with Gasteiger partial charge >= 0.3 is 0 Å². The molecule has 1 aliphatic carbocycles. The topological polar surface area (TPSA) is 66.5 Å². The second-order valence-corrected chi connectivity index (χ2v) is 4.11. The molecular weight excluding hydrogens is 166 g/mol. The Morgan fingerprint density at radius 3 is 2.77 bits per heavy atom. The zero-order chi connectivity index (χ0) is 9.31. The lowest BCUT2D eigenvalue weighted by molar-refractivity contribution is 0.379. The Morgan fingerprint density at radius 1 is 1.54 bits per heavy atom. The summed E-state index contributed by atoms with van der Waals surface area (Å²) in [5, 5.41) is 16.8. The van der Waals surface area contributed by atoms with Gasteiger partial charge in [0.1, 0.15) is 0 Å². The number of H-pyrrole nitrogens is 1. The van der Waals surface area contributed by atoms with Crippen LogP contribution < -0.4 is 5.32 Å². The van der Waals surface area contributed by atoms with E-state index in [1.54, 1.807) is 0 Å². The standard InChI is InChI=1S/C8H15N5/c1-6(2)8(3-4-8)5-9-7-10-12-13-11-7/h6H,3-5H2,1-2H3,(H2,9,10,11,12,13). The van der Waals surface area contributed by atoms with Gasteiger partial charge in [-0.05, 0) is 29.4 Å². The number of aromatic amines is 1. The van der Waals surface area contributed by atoms with Crippen molar-refractivity contribution >= 4 is 5.95 Å². The summed E-state index contributed by atoms with van der Waals surface area (Å²) in [4.78, 5) is 0. The van der Waals surface area contributed by atoms with E-state index < -0.39 is 0 Å². The Bertz CT molecular complexity index is 262. The minimum atomic E-state index is 0.487. The highest BCUT2D eigenvalue weighted by atomic mass is 15.5. The molecule has 2 N–H and O–H groups in total. The van der Waals surface area contributed by atoms with E-state index in [0.29, 0.717) is 11.4 Å². The number of aromatic nitrogens is 4. The normalized spacial score (nSPS) is 19.0. The van der Waals surface area contributed by atoms with Crippen molar-refractivity contribution in [3.8, 4) is 0 Å². The summed E-state index contributed by atoms with van der Waals surface area (Å²) < 4.78 is 0. The first-order valence-corrected chi connectivity index (χ1v) is 4.70. The van der Waals surface area contributed by atoms with Gasteiger partial charge in [-0.2, -0.15) is 5.21 Å². The van der Waals surface area contributed by atoms with Crippen LogP contribution in [0, 0.1) is 11.3 Å². The number of hydrogen-bond donors (Lipinski definition) is 2. The van der Waals surface area contributed by atoms with Crippen molar-refractivity contribution in [1.82, 2.24) is 20.6 Å². The molecule has 0 spiro atoms. The van der Waals surface area contributed by atoms with Crippen LogP contribution in [0.4, 0.5) is 5.95 Å². The van der Waals surface area contributed by atoms with E-state index >= 15 is 0 Å². The molecule has 0 aromatic carbocycles. The minimum Gasteiger partial charge on any atom is -0.351 e. The molecule has 2 rings (SSSR count). The maximum atomic E-state index is 3.85. The van der Waals surface area contributed by atoms with Crippen molar-refractivity contribution in [2.75, 3.05) is 11.9 Å². The van der Waals surface area contributed by atoms with Gasteiger partial charge in [-0.1, -0.05) is 18.9 Å². The Balaban J connectivity index is 1.86. The first-order chi connectivity index (χ1) is 6.23. The minimum absolute atomic E-state index is 0.487. The molecule has 0 unspecified atom stereocenters. The Kier molecular flexibility index (Phi) is 1.94. The molecule has 0 bridgehead atoms. The average molecular weight is 181 g/mol. The average Bonchev–Trinajstić information content (AvgIpc) is 2.73. The van der Waals surface area contributed by atoms with Crippen LogP contribution in [0.3, 0.4) is 0 Å². The van der Waals surface area contributed by atoms with Crippen molar-refractivity contribution < 1.29 is 0 Å². The lowest BCUT2D eigenvalue weighted by Gasteiger charge is -2.18. The predicted molar refractivity (Wildman–Crippen MR) is 49.2 cm³/mol. The fourth-order valence-corrected chi connectivity index (χ4v) is 1.61. The van der Waals surface area contributed by atoms with Crippen LogP contribution in [0.15, 0.2) is 0 Å². The summed E-state index contributed by atoms with van der Waals surface area (Å²) in [5.41, 5.74) is 0.487. The van der Waals surface area contributed by atoms with Gasteiger partial charge in [0, 0.05) is 6.54 Å². The summed E-state index contributed by atoms with van der Waals surface area (Å²) >= 11 is 0. The van der Waals surface area contributed by atoms with E-state index in [-0.39, 0.29) is 0 Å². The summed E-state index contributed by atoms with van der Waals surface area (Å²) in [6, 6.07) is 0. The van der Waals surface area contributed by atoms with Crippen LogP contribution in [0.1, 0.15) is 26.7 Å². The van der Waals surface area contributed by atoms with Crippen molar-refractivity contribution in [2.24, 2.45) is 11.3 Å². The summed E-state index contributed by atoms with van der Waals surface area (Å²) in [5.74, 6) is 1.33. The number of nitrogens with zero attached hydrogens (tertiary/aromatic N) is 3. The fraction of sp³-hybridized carbons (Fsp3) is 0.875. The van der Waals surface area contributed by atoms with E-state index in [9.17, 15) is 0 Å². The molecular formula is C8H15N5. The molecule has 0 saturated heterocycles. The van der Waals surface area contributed by atoms with Crippen LogP contribution >= 0.6 is 0 Å². The van der Waals surface area contributed by atoms with E-state index in [4.69, 9.17) is 0 Å². The van der Waals surface area contributed by atoms with Crippen LogP contribution in [-0.2, 0) is 0 Å². The largest absolute Gasteiger partial charge is 0.351 e. The molecule has 5 nitrogen and oxygen atoms in total. The van der Waals surface area contributed by atoms with Gasteiger partial charge in [0.2, 0.25) is 0 Å². The second-order valence-electron chi connectivity index (χ2n) is 4.11. The van der Waals surface area contributed by atoms with Crippen molar-refractivity contribution in [1.29, 1.82) is 0 Å². The molecule has 0 amide bonds. The number of anilines is 1. The van der Waals surface area contributed by atoms with Gasteiger partial charge in [-0.15, -0.1) is 5.10 Å². The number of tetrazole rings is 1. The molecule has 1 fully saturated rings. The van der Waals surface area contributed by atoms with Crippen molar-refractivity contribution in [3.63, 3.8) is 0 Å². The van der Waals surface area contributed by atoms with E-state index in [2.05, 4.69) is 39.8 Å². The first-order valence-electron chi connectivity index (χ1n) is 4.70. The molecule has 1 saturated carbocycles. The van der Waals surface area contributed by atoms with Gasteiger partial charge < -0.3 is 5.32 Å². The zero-order valence-electron chi connectivity index (χ0n) is 8.04. The lowest BCUT2D eigenvalue weighted by atomic mass is 9.92. The number of rotatable bonds is 4. The van der Waals surface area contributed by atoms with Crippen molar-refractivity contribution in [2.45, 2.75) is 26.7 Å². The van der Waals surface area contributed by atoms with Crippen LogP contribution in [0.25, 0.3) is 0 Å². The lowest BCUT2D eigenvalue weighted by Crippen LogP contribution is -2.21. The van der Waals surface area contributed by atoms with Crippen LogP contribution in [0.5, 0.6) is 0 Å². The molecule has 0 atom stereocenters. The number of nitrogens with one attached hydrogen (secondary N) is 2. The molecule has 13 heavy (non-hydrogen) atoms. The highest BCUT2D eigenvalue weighted by Gasteiger charge is 2.45. The molecule has 0 radical (unpaired) electrons. The Hall–Kier alpha value is -1.13. The van der Waals surface area contributed by atoms with Gasteiger partial charge in [0.25, 0.3) is 5.95 Å². The summed E-state index contributed by atoms with van der Waals surface area (Å²) in [6.45, 7) is 5.50. The van der Waals surface area contributed by atoms with E-state index in [1.165, 1.54) is 12.8 Å². The predicted octanol–water partition coefficient (Wildman–Crippen LogP) is 1.05. The molecule has 5 heteroatoms. The zero-order valence-corrected chi connectivity index (χ0v) is 8.04. The van der Waals surface area contributed by atoms with Gasteiger partial charge in [-0.3, -0.25) is 0 Å². The second kappa shape index (κ2) is 2.97. The monoisotopic (exact) mass is 181 g/mol. The smallest absolute Gasteiger partial charge is 0.263 e. The first kappa shape index (κ1) is 8.47. The summed E-state index contributed by atoms with van der Waals surface area (Å²) in [6.07, 6.45) is 2.63. The quantitative estimate of drug-likeness (QED) is 0.728. The van der Waals surface area contributed by atoms with Gasteiger partial charge in [-0.25, -0.2) is 0 Å². The molecule has 0 aliphatic heterocycles. The SMILES string of the molecule is CC(C)C1(CNc2nn[nH]n2)CC1. The Labute approximate surface area is 77.3 Å². The molecule has 1 heterocycles. The molecule has 1 aliphatic rings. The van der Waals surface area contributed by atoms with Crippen LogP contribution in [-0.4, -0.2) is 27.2 Å². The molecule has 1 aromatic heterocycles. The van der Waals surface area contributed by atoms with Crippen molar-refractivity contribution in [3.05, 3.63) is 0 Å². The number of hydrogen-bond acceptors (Lipinski definition) is 4. The van der Waals surface area contributed by atoms with E-state index in [0.717, 1.165) is 12.5 Å². The highest BCUT2D eigenvalue weighted by Crippen LogP contribution is 2.51. The molecule has 72 valence electrons. The highest BCUT2D eigenvalue weighted by molar-refractivity contribution is 5.21. The third kappa shape index (κ3) is 1.64. The fourth-order valence-electron chi connectivity index (χ4n) is 1.61. The Morgan fingerprint density at radius 2 is 2.31 bits per heavy atom. The maximum absolute atomic E-state index is 3.85. The van der Waals surface area contributed by atoms with Crippen LogP contribution in [0.2, 0.25) is 0 Å². The third-order valence-electron chi connectivity index (χ3n) is 3.06. The van der Waals surface area contributed by atoms with Gasteiger partial charge in [0.15, 0.2) is 0 Å².